The first-order valence-electron chi connectivity index (χ1n) is 11.9. The fourth-order valence-electron chi connectivity index (χ4n) is 4.56. The maximum atomic E-state index is 11.2. The average molecular weight is 443 g/mol. The molecule has 1 N–H and O–H groups in total. The summed E-state index contributed by atoms with van der Waals surface area (Å²) in [6.45, 7) is 8.14. The van der Waals surface area contributed by atoms with Gasteiger partial charge in [0.05, 0.1) is 6.61 Å². The Morgan fingerprint density at radius 1 is 1.03 bits per heavy atom. The monoisotopic (exact) mass is 442 g/mol. The quantitative estimate of drug-likeness (QED) is 0.456. The van der Waals surface area contributed by atoms with Gasteiger partial charge in [-0.15, -0.1) is 0 Å². The van der Waals surface area contributed by atoms with E-state index in [2.05, 4.69) is 83.9 Å². The number of nitrogens with zero attached hydrogens (tertiary/aromatic N) is 1. The minimum absolute atomic E-state index is 0.0406. The van der Waals surface area contributed by atoms with Crippen molar-refractivity contribution in [1.29, 1.82) is 0 Å². The number of hydrogen-bond donors (Lipinski definition) is 1. The maximum absolute atomic E-state index is 11.2. The molecule has 33 heavy (non-hydrogen) atoms. The molecule has 0 aromatic heterocycles. The van der Waals surface area contributed by atoms with Crippen LogP contribution in [0.5, 0.6) is 0 Å². The van der Waals surface area contributed by atoms with Gasteiger partial charge in [-0.3, -0.25) is 9.69 Å². The van der Waals surface area contributed by atoms with Gasteiger partial charge in [0.1, 0.15) is 0 Å². The summed E-state index contributed by atoms with van der Waals surface area (Å²) < 4.78 is 5.93. The second-order valence-electron chi connectivity index (χ2n) is 9.09. The number of anilines is 1. The molecule has 1 aliphatic heterocycles. The smallest absolute Gasteiger partial charge is 0.221 e. The fraction of sp³-hybridized carbons (Fsp3) is 0.345. The normalized spacial score (nSPS) is 16.3. The van der Waals surface area contributed by atoms with Crippen molar-refractivity contribution in [2.24, 2.45) is 5.41 Å². The van der Waals surface area contributed by atoms with Crippen molar-refractivity contribution in [3.8, 4) is 0 Å². The Bertz CT molecular complexity index is 1100. The second kappa shape index (κ2) is 10.8. The van der Waals surface area contributed by atoms with E-state index in [1.807, 2.05) is 12.1 Å². The SMILES string of the molecule is CCOCC1(/C=C/c2ccc3ccccc3c2)CCN(Cc2ccc(NC(C)=O)cc2)CC1. The molecule has 0 spiro atoms. The van der Waals surface area contributed by atoms with E-state index in [1.54, 1.807) is 0 Å². The van der Waals surface area contributed by atoms with Gasteiger partial charge in [0, 0.05) is 31.2 Å². The van der Waals surface area contributed by atoms with Gasteiger partial charge in [0.15, 0.2) is 0 Å². The molecular formula is C29H34N2O2. The van der Waals surface area contributed by atoms with Crippen molar-refractivity contribution < 1.29 is 9.53 Å². The first kappa shape index (κ1) is 23.2. The van der Waals surface area contributed by atoms with Crippen LogP contribution >= 0.6 is 0 Å². The number of nitrogens with one attached hydrogen (secondary N) is 1. The van der Waals surface area contributed by atoms with E-state index < -0.39 is 0 Å². The molecule has 1 aliphatic rings. The van der Waals surface area contributed by atoms with Crippen molar-refractivity contribution >= 4 is 28.4 Å². The van der Waals surface area contributed by atoms with Crippen molar-refractivity contribution in [3.05, 3.63) is 83.9 Å². The second-order valence-corrected chi connectivity index (χ2v) is 9.09. The van der Waals surface area contributed by atoms with E-state index in [4.69, 9.17) is 4.74 Å². The summed E-state index contributed by atoms with van der Waals surface area (Å²) in [6, 6.07) is 23.3. The Morgan fingerprint density at radius 2 is 1.76 bits per heavy atom. The predicted octanol–water partition coefficient (Wildman–Crippen LogP) is 6.13. The Kier molecular flexibility index (Phi) is 7.58. The standard InChI is InChI=1S/C29H34N2O2/c1-3-33-22-29(15-14-24-8-11-26-6-4-5-7-27(26)20-24)16-18-31(19-17-29)21-25-9-12-28(13-10-25)30-23(2)32/h4-15,20H,3,16-19,21-22H2,1-2H3,(H,30,32)/b15-14+. The first-order chi connectivity index (χ1) is 16.0. The van der Waals surface area contributed by atoms with Crippen LogP contribution in [0.3, 0.4) is 0 Å². The molecule has 3 aromatic rings. The summed E-state index contributed by atoms with van der Waals surface area (Å²) in [5, 5.41) is 5.38. The van der Waals surface area contributed by atoms with Gasteiger partial charge in [-0.05, 0) is 73.0 Å². The number of rotatable bonds is 8. The number of carbonyl (C=O) groups is 1. The summed E-state index contributed by atoms with van der Waals surface area (Å²) in [5.41, 5.74) is 3.44. The summed E-state index contributed by atoms with van der Waals surface area (Å²) in [5.74, 6) is -0.0406. The number of carbonyl (C=O) groups excluding carboxylic acids is 1. The average Bonchev–Trinajstić information content (AvgIpc) is 2.83. The molecule has 1 amide bonds. The lowest BCUT2D eigenvalue weighted by molar-refractivity contribution is -0.114. The van der Waals surface area contributed by atoms with Crippen LogP contribution in [-0.2, 0) is 16.1 Å². The minimum Gasteiger partial charge on any atom is -0.381 e. The molecule has 0 radical (unpaired) electrons. The molecule has 0 aliphatic carbocycles. The van der Waals surface area contributed by atoms with Gasteiger partial charge >= 0.3 is 0 Å². The summed E-state index contributed by atoms with van der Waals surface area (Å²) in [4.78, 5) is 13.7. The largest absolute Gasteiger partial charge is 0.381 e. The topological polar surface area (TPSA) is 41.6 Å². The summed E-state index contributed by atoms with van der Waals surface area (Å²) >= 11 is 0. The molecule has 4 rings (SSSR count). The maximum Gasteiger partial charge on any atom is 0.221 e. The molecule has 0 atom stereocenters. The third-order valence-electron chi connectivity index (χ3n) is 6.53. The number of likely N-dealkylation sites (tertiary alicyclic amines) is 1. The van der Waals surface area contributed by atoms with Gasteiger partial charge < -0.3 is 10.1 Å². The minimum atomic E-state index is -0.0406. The highest BCUT2D eigenvalue weighted by Crippen LogP contribution is 2.35. The Hall–Kier alpha value is -2.95. The highest BCUT2D eigenvalue weighted by Gasteiger charge is 2.32. The molecule has 1 heterocycles. The zero-order chi connectivity index (χ0) is 23.1. The fourth-order valence-corrected chi connectivity index (χ4v) is 4.56. The van der Waals surface area contributed by atoms with E-state index in [9.17, 15) is 4.79 Å². The van der Waals surface area contributed by atoms with Crippen molar-refractivity contribution in [3.63, 3.8) is 0 Å². The van der Waals surface area contributed by atoms with E-state index in [0.29, 0.717) is 0 Å². The van der Waals surface area contributed by atoms with E-state index >= 15 is 0 Å². The van der Waals surface area contributed by atoms with E-state index in [1.165, 1.54) is 28.8 Å². The van der Waals surface area contributed by atoms with Gasteiger partial charge in [0.25, 0.3) is 0 Å². The van der Waals surface area contributed by atoms with Gasteiger partial charge in [-0.1, -0.05) is 60.7 Å². The molecule has 1 fully saturated rings. The lowest BCUT2D eigenvalue weighted by atomic mass is 9.78. The number of ether oxygens (including phenoxy) is 1. The zero-order valence-electron chi connectivity index (χ0n) is 19.7. The number of benzene rings is 3. The first-order valence-corrected chi connectivity index (χ1v) is 11.9. The predicted molar refractivity (Wildman–Crippen MR) is 137 cm³/mol. The summed E-state index contributed by atoms with van der Waals surface area (Å²) in [7, 11) is 0. The van der Waals surface area contributed by atoms with E-state index in [-0.39, 0.29) is 11.3 Å². The number of piperidine rings is 1. The van der Waals surface area contributed by atoms with Crippen LogP contribution in [0.25, 0.3) is 16.8 Å². The van der Waals surface area contributed by atoms with Crippen LogP contribution in [0, 0.1) is 5.41 Å². The Labute approximate surface area is 197 Å². The van der Waals surface area contributed by atoms with Gasteiger partial charge in [0.2, 0.25) is 5.91 Å². The molecule has 172 valence electrons. The Morgan fingerprint density at radius 3 is 2.45 bits per heavy atom. The number of hydrogen-bond acceptors (Lipinski definition) is 3. The third-order valence-corrected chi connectivity index (χ3v) is 6.53. The van der Waals surface area contributed by atoms with Crippen LogP contribution < -0.4 is 5.32 Å². The van der Waals surface area contributed by atoms with Crippen LogP contribution in [0.15, 0.2) is 72.8 Å². The molecular weight excluding hydrogens is 408 g/mol. The van der Waals surface area contributed by atoms with Crippen molar-refractivity contribution in [2.75, 3.05) is 31.6 Å². The molecule has 4 nitrogen and oxygen atoms in total. The molecule has 0 bridgehead atoms. The summed E-state index contributed by atoms with van der Waals surface area (Å²) in [6.07, 6.45) is 6.84. The zero-order valence-corrected chi connectivity index (χ0v) is 19.7. The van der Waals surface area contributed by atoms with Crippen molar-refractivity contribution in [1.82, 2.24) is 4.90 Å². The lowest BCUT2D eigenvalue weighted by Gasteiger charge is -2.40. The molecule has 4 heteroatoms. The van der Waals surface area contributed by atoms with Crippen LogP contribution in [0.1, 0.15) is 37.8 Å². The molecule has 1 saturated heterocycles. The molecule has 0 saturated carbocycles. The van der Waals surface area contributed by atoms with Crippen LogP contribution in [0.4, 0.5) is 5.69 Å². The van der Waals surface area contributed by atoms with Crippen LogP contribution in [0.2, 0.25) is 0 Å². The number of fused-ring (bicyclic) bond motifs is 1. The third kappa shape index (κ3) is 6.31. The van der Waals surface area contributed by atoms with Crippen molar-refractivity contribution in [2.45, 2.75) is 33.2 Å². The molecule has 3 aromatic carbocycles. The van der Waals surface area contributed by atoms with E-state index in [0.717, 1.165) is 51.4 Å². The lowest BCUT2D eigenvalue weighted by Crippen LogP contribution is -2.41. The van der Waals surface area contributed by atoms with Crippen LogP contribution in [-0.4, -0.2) is 37.1 Å². The van der Waals surface area contributed by atoms with Gasteiger partial charge in [-0.2, -0.15) is 0 Å². The highest BCUT2D eigenvalue weighted by atomic mass is 16.5. The highest BCUT2D eigenvalue weighted by molar-refractivity contribution is 5.88. The Balaban J connectivity index is 1.40. The van der Waals surface area contributed by atoms with Gasteiger partial charge in [-0.25, -0.2) is 0 Å². The number of amides is 1. The molecule has 0 unspecified atom stereocenters.